The van der Waals surface area contributed by atoms with Crippen molar-refractivity contribution in [2.75, 3.05) is 10.6 Å². The lowest BCUT2D eigenvalue weighted by molar-refractivity contribution is -0.160. The van der Waals surface area contributed by atoms with Crippen molar-refractivity contribution in [1.29, 1.82) is 0 Å². The molecule has 1 heterocycles. The lowest BCUT2D eigenvalue weighted by Crippen LogP contribution is -2.41. The Kier molecular flexibility index (Phi) is 7.17. The van der Waals surface area contributed by atoms with Crippen molar-refractivity contribution in [1.82, 2.24) is 9.97 Å². The van der Waals surface area contributed by atoms with E-state index in [0.717, 1.165) is 0 Å². The quantitative estimate of drug-likeness (QED) is 0.359. The van der Waals surface area contributed by atoms with Crippen molar-refractivity contribution < 1.29 is 32.7 Å². The summed E-state index contributed by atoms with van der Waals surface area (Å²) in [7, 11) is 0. The molecule has 0 aliphatic heterocycles. The number of aliphatic carboxylic acids is 1. The molecule has 2 amide bonds. The molecule has 192 valence electrons. The molecular formula is C25H20ClF3N4O4. The van der Waals surface area contributed by atoms with Gasteiger partial charge < -0.3 is 10.4 Å². The van der Waals surface area contributed by atoms with E-state index >= 15 is 0 Å². The number of aryl methyl sites for hydroxylation is 1. The summed E-state index contributed by atoms with van der Waals surface area (Å²) in [6, 6.07) is 10.6. The van der Waals surface area contributed by atoms with E-state index < -0.39 is 42.2 Å². The Labute approximate surface area is 213 Å². The van der Waals surface area contributed by atoms with Crippen molar-refractivity contribution in [2.45, 2.75) is 31.9 Å². The molecule has 4 rings (SSSR count). The number of rotatable bonds is 6. The van der Waals surface area contributed by atoms with Gasteiger partial charge >= 0.3 is 18.2 Å². The van der Waals surface area contributed by atoms with E-state index in [9.17, 15) is 32.7 Å². The normalized spacial score (nSPS) is 17.1. The van der Waals surface area contributed by atoms with Gasteiger partial charge in [-0.2, -0.15) is 13.2 Å². The molecule has 0 saturated heterocycles. The van der Waals surface area contributed by atoms with Crippen molar-refractivity contribution in [3.8, 4) is 11.3 Å². The van der Waals surface area contributed by atoms with Gasteiger partial charge in [-0.25, -0.2) is 9.78 Å². The first kappa shape index (κ1) is 26.1. The third-order valence-electron chi connectivity index (χ3n) is 6.00. The third kappa shape index (κ3) is 6.23. The fraction of sp³-hybridized carbons (Fsp3) is 0.240. The number of amides is 2. The highest BCUT2D eigenvalue weighted by Gasteiger charge is 2.50. The summed E-state index contributed by atoms with van der Waals surface area (Å²) in [5, 5.41) is 14.8. The van der Waals surface area contributed by atoms with Crippen LogP contribution in [0.15, 0.2) is 54.9 Å². The number of benzene rings is 2. The lowest BCUT2D eigenvalue weighted by atomic mass is 9.66. The number of ketones is 1. The molecule has 12 heteroatoms. The zero-order valence-electron chi connectivity index (χ0n) is 19.1. The van der Waals surface area contributed by atoms with E-state index in [1.54, 1.807) is 30.3 Å². The maximum atomic E-state index is 13.2. The number of Topliss-reactive ketones (excluding diaryl/α,β-unsaturated/α-hetero) is 1. The first-order valence-corrected chi connectivity index (χ1v) is 11.4. The Morgan fingerprint density at radius 2 is 1.86 bits per heavy atom. The molecule has 0 fully saturated rings. The number of urea groups is 1. The molecule has 0 spiro atoms. The Balaban J connectivity index is 1.49. The van der Waals surface area contributed by atoms with Crippen LogP contribution >= 0.6 is 11.6 Å². The van der Waals surface area contributed by atoms with Gasteiger partial charge in [-0.3, -0.25) is 19.9 Å². The number of carboxylic acids is 1. The summed E-state index contributed by atoms with van der Waals surface area (Å²) in [6.07, 6.45) is -4.45. The number of carbonyl (C=O) groups excluding carboxylic acids is 2. The minimum absolute atomic E-state index is 0.0735. The number of nitrogens with zero attached hydrogens (tertiary/aromatic N) is 2. The van der Waals surface area contributed by atoms with Crippen LogP contribution in [0.3, 0.4) is 0 Å². The molecule has 2 aromatic carbocycles. The van der Waals surface area contributed by atoms with Gasteiger partial charge in [0.1, 0.15) is 0 Å². The van der Waals surface area contributed by atoms with Crippen molar-refractivity contribution >= 4 is 40.9 Å². The maximum absolute atomic E-state index is 13.2. The van der Waals surface area contributed by atoms with Gasteiger partial charge in [-0.05, 0) is 42.7 Å². The molecule has 3 N–H and O–H groups in total. The van der Waals surface area contributed by atoms with Gasteiger partial charge in [0.25, 0.3) is 0 Å². The van der Waals surface area contributed by atoms with Crippen LogP contribution in [0.5, 0.6) is 0 Å². The number of nitrogens with one attached hydrogen (secondary N) is 2. The van der Waals surface area contributed by atoms with Gasteiger partial charge in [0.2, 0.25) is 0 Å². The zero-order chi connectivity index (χ0) is 26.8. The molecule has 0 bridgehead atoms. The molecule has 0 radical (unpaired) electrons. The average molecular weight is 533 g/mol. The van der Waals surface area contributed by atoms with Gasteiger partial charge in [0.15, 0.2) is 11.6 Å². The monoisotopic (exact) mass is 532 g/mol. The van der Waals surface area contributed by atoms with E-state index in [1.807, 2.05) is 0 Å². The van der Waals surface area contributed by atoms with Crippen LogP contribution in [0.2, 0.25) is 5.02 Å². The Hall–Kier alpha value is -3.99. The second kappa shape index (κ2) is 10.2. The number of alkyl halides is 3. The SMILES string of the molecule is O=C(O)C[C@@]1(CC(F)(F)F)CCc2cc(-c3cnc(NC(=O)Nc4cccc(Cl)c4)cn3)ccc2C1=O. The smallest absolute Gasteiger partial charge is 0.390 e. The zero-order valence-corrected chi connectivity index (χ0v) is 19.9. The first-order valence-electron chi connectivity index (χ1n) is 11.1. The molecule has 37 heavy (non-hydrogen) atoms. The van der Waals surface area contributed by atoms with Crippen LogP contribution in [0.25, 0.3) is 11.3 Å². The summed E-state index contributed by atoms with van der Waals surface area (Å²) in [5.41, 5.74) is 0.0160. The van der Waals surface area contributed by atoms with Crippen molar-refractivity contribution in [3.63, 3.8) is 0 Å². The van der Waals surface area contributed by atoms with E-state index in [2.05, 4.69) is 20.6 Å². The van der Waals surface area contributed by atoms with Crippen LogP contribution in [0.4, 0.5) is 29.5 Å². The molecule has 0 unspecified atom stereocenters. The number of carboxylic acid groups (broad SMARTS) is 1. The van der Waals surface area contributed by atoms with Crippen molar-refractivity contribution in [3.05, 3.63) is 71.0 Å². The number of aromatic nitrogens is 2. The van der Waals surface area contributed by atoms with Crippen LogP contribution in [0.1, 0.15) is 35.2 Å². The van der Waals surface area contributed by atoms with E-state index in [1.165, 1.54) is 24.5 Å². The third-order valence-corrected chi connectivity index (χ3v) is 6.24. The highest BCUT2D eigenvalue weighted by atomic mass is 35.5. The number of hydrogen-bond donors (Lipinski definition) is 3. The lowest BCUT2D eigenvalue weighted by Gasteiger charge is -2.36. The van der Waals surface area contributed by atoms with E-state index in [0.29, 0.717) is 27.5 Å². The fourth-order valence-corrected chi connectivity index (χ4v) is 4.60. The van der Waals surface area contributed by atoms with Crippen LogP contribution in [-0.2, 0) is 11.2 Å². The summed E-state index contributed by atoms with van der Waals surface area (Å²) in [6.45, 7) is 0. The number of halogens is 4. The summed E-state index contributed by atoms with van der Waals surface area (Å²) < 4.78 is 39.6. The highest BCUT2D eigenvalue weighted by molar-refractivity contribution is 6.30. The maximum Gasteiger partial charge on any atom is 0.390 e. The standard InChI is InChI=1S/C25H20ClF3N4O4/c26-16-2-1-3-17(9-16)32-23(37)33-20-12-30-19(11-31-20)15-4-5-18-14(8-15)6-7-24(22(18)36,10-21(34)35)13-25(27,28)29/h1-5,8-9,11-12H,6-7,10,13H2,(H,34,35)(H2,31,32,33,37)/t24-/m1/s1. The Bertz CT molecular complexity index is 1360. The van der Waals surface area contributed by atoms with E-state index in [4.69, 9.17) is 11.6 Å². The summed E-state index contributed by atoms with van der Waals surface area (Å²) >= 11 is 5.89. The Morgan fingerprint density at radius 1 is 1.08 bits per heavy atom. The molecule has 1 aliphatic rings. The largest absolute Gasteiger partial charge is 0.481 e. The Morgan fingerprint density at radius 3 is 2.51 bits per heavy atom. The van der Waals surface area contributed by atoms with Gasteiger partial charge in [-0.15, -0.1) is 0 Å². The minimum atomic E-state index is -4.68. The van der Waals surface area contributed by atoms with Gasteiger partial charge in [0.05, 0.1) is 36.3 Å². The predicted molar refractivity (Wildman–Crippen MR) is 130 cm³/mol. The molecule has 3 aromatic rings. The second-order valence-corrected chi connectivity index (χ2v) is 9.16. The summed E-state index contributed by atoms with van der Waals surface area (Å²) in [4.78, 5) is 44.9. The van der Waals surface area contributed by atoms with Gasteiger partial charge in [0, 0.05) is 21.8 Å². The number of anilines is 2. The van der Waals surface area contributed by atoms with E-state index in [-0.39, 0.29) is 24.2 Å². The average Bonchev–Trinajstić information content (AvgIpc) is 2.80. The van der Waals surface area contributed by atoms with Crippen molar-refractivity contribution in [2.24, 2.45) is 5.41 Å². The molecule has 0 saturated carbocycles. The number of carbonyl (C=O) groups is 3. The molecule has 1 aliphatic carbocycles. The second-order valence-electron chi connectivity index (χ2n) is 8.72. The van der Waals surface area contributed by atoms with Gasteiger partial charge in [-0.1, -0.05) is 29.8 Å². The fourth-order valence-electron chi connectivity index (χ4n) is 4.41. The van der Waals surface area contributed by atoms with Crippen LogP contribution < -0.4 is 10.6 Å². The molecular weight excluding hydrogens is 513 g/mol. The summed E-state index contributed by atoms with van der Waals surface area (Å²) in [5.74, 6) is -2.11. The van der Waals surface area contributed by atoms with Crippen LogP contribution in [0, 0.1) is 5.41 Å². The first-order chi connectivity index (χ1) is 17.4. The molecule has 8 nitrogen and oxygen atoms in total. The number of hydrogen-bond acceptors (Lipinski definition) is 5. The van der Waals surface area contributed by atoms with Crippen LogP contribution in [-0.4, -0.2) is 39.0 Å². The minimum Gasteiger partial charge on any atom is -0.481 e. The molecule has 1 atom stereocenters. The molecule has 1 aromatic heterocycles. The number of fused-ring (bicyclic) bond motifs is 1. The topological polar surface area (TPSA) is 121 Å². The highest BCUT2D eigenvalue weighted by Crippen LogP contribution is 2.46. The predicted octanol–water partition coefficient (Wildman–Crippen LogP) is 5.98.